The van der Waals surface area contributed by atoms with Crippen LogP contribution < -0.4 is 5.32 Å². The van der Waals surface area contributed by atoms with E-state index in [0.29, 0.717) is 19.0 Å². The van der Waals surface area contributed by atoms with Crippen LogP contribution in [0.25, 0.3) is 0 Å². The molecule has 5 heteroatoms. The highest BCUT2D eigenvalue weighted by Gasteiger charge is 2.36. The Hall–Kier alpha value is -2.37. The van der Waals surface area contributed by atoms with Crippen LogP contribution in [-0.2, 0) is 11.3 Å². The Labute approximate surface area is 170 Å². The largest absolute Gasteiger partial charge is 0.464 e. The first kappa shape index (κ1) is 19.0. The molecule has 3 atom stereocenters. The number of thiophene rings is 1. The number of hydrogen-bond acceptors (Lipinski definition) is 4. The molecule has 1 aliphatic rings. The molecule has 0 aliphatic heterocycles. The molecule has 3 aromatic rings. The number of likely N-dealkylation sites (N-methyl/N-ethyl adjacent to an activating group) is 1. The van der Waals surface area contributed by atoms with Crippen molar-refractivity contribution in [2.24, 2.45) is 5.92 Å². The summed E-state index contributed by atoms with van der Waals surface area (Å²) in [5.74, 6) is 3.33. The molecule has 28 heavy (non-hydrogen) atoms. The molecule has 1 aliphatic carbocycles. The maximum atomic E-state index is 12.7. The number of rotatable bonds is 8. The van der Waals surface area contributed by atoms with Gasteiger partial charge >= 0.3 is 0 Å². The molecule has 2 aromatic heterocycles. The van der Waals surface area contributed by atoms with E-state index >= 15 is 0 Å². The van der Waals surface area contributed by atoms with E-state index in [-0.39, 0.29) is 11.9 Å². The first-order chi connectivity index (χ1) is 13.6. The summed E-state index contributed by atoms with van der Waals surface area (Å²) in [6.07, 6.45) is 1.22. The number of carbonyl (C=O) groups is 1. The Bertz CT molecular complexity index is 904. The minimum absolute atomic E-state index is 0.00680. The Kier molecular flexibility index (Phi) is 5.64. The van der Waals surface area contributed by atoms with Gasteiger partial charge in [-0.1, -0.05) is 43.3 Å². The highest BCUT2D eigenvalue weighted by Crippen LogP contribution is 2.47. The molecule has 0 saturated heterocycles. The van der Waals surface area contributed by atoms with E-state index in [9.17, 15) is 4.79 Å². The third-order valence-corrected chi connectivity index (χ3v) is 6.20. The maximum absolute atomic E-state index is 12.7. The van der Waals surface area contributed by atoms with Crippen LogP contribution in [0.2, 0.25) is 0 Å². The van der Waals surface area contributed by atoms with E-state index in [4.69, 9.17) is 4.42 Å². The predicted molar refractivity (Wildman–Crippen MR) is 112 cm³/mol. The van der Waals surface area contributed by atoms with Gasteiger partial charge in [0.25, 0.3) is 0 Å². The first-order valence-corrected chi connectivity index (χ1v) is 10.6. The monoisotopic (exact) mass is 394 g/mol. The third kappa shape index (κ3) is 4.54. The molecule has 4 rings (SSSR count). The molecule has 4 nitrogen and oxygen atoms in total. The second-order valence-electron chi connectivity index (χ2n) is 7.72. The summed E-state index contributed by atoms with van der Waals surface area (Å²) in [5.41, 5.74) is 1.09. The van der Waals surface area contributed by atoms with Crippen molar-refractivity contribution in [1.29, 1.82) is 0 Å². The minimum atomic E-state index is -0.117. The van der Waals surface area contributed by atoms with Crippen LogP contribution in [-0.4, -0.2) is 24.4 Å². The number of nitrogens with one attached hydrogen (secondary N) is 1. The van der Waals surface area contributed by atoms with Gasteiger partial charge in [0.1, 0.15) is 11.5 Å². The van der Waals surface area contributed by atoms with Crippen LogP contribution in [0, 0.1) is 5.92 Å². The second kappa shape index (κ2) is 8.33. The zero-order valence-electron chi connectivity index (χ0n) is 16.3. The molecule has 2 heterocycles. The molecule has 1 amide bonds. The van der Waals surface area contributed by atoms with Crippen molar-refractivity contribution in [1.82, 2.24) is 10.2 Å². The van der Waals surface area contributed by atoms with Crippen molar-refractivity contribution in [2.75, 3.05) is 13.6 Å². The zero-order chi connectivity index (χ0) is 19.5. The van der Waals surface area contributed by atoms with Gasteiger partial charge in [0.2, 0.25) is 5.91 Å². The number of hydrogen-bond donors (Lipinski definition) is 1. The minimum Gasteiger partial charge on any atom is -0.464 e. The van der Waals surface area contributed by atoms with E-state index < -0.39 is 0 Å². The average molecular weight is 395 g/mol. The van der Waals surface area contributed by atoms with Gasteiger partial charge in [0.15, 0.2) is 0 Å². The first-order valence-electron chi connectivity index (χ1n) is 9.75. The van der Waals surface area contributed by atoms with Gasteiger partial charge in [-0.25, -0.2) is 0 Å². The molecular weight excluding hydrogens is 368 g/mol. The fourth-order valence-electron chi connectivity index (χ4n) is 3.59. The molecule has 3 unspecified atom stereocenters. The molecule has 0 spiro atoms. The summed E-state index contributed by atoms with van der Waals surface area (Å²) in [6, 6.07) is 18.2. The number of nitrogens with zero attached hydrogens (tertiary/aromatic N) is 1. The lowest BCUT2D eigenvalue weighted by atomic mass is 10.1. The van der Waals surface area contributed by atoms with Crippen LogP contribution in [0.1, 0.15) is 47.3 Å². The Balaban J connectivity index is 1.36. The number of benzene rings is 1. The summed E-state index contributed by atoms with van der Waals surface area (Å²) in [6.45, 7) is 3.20. The van der Waals surface area contributed by atoms with Crippen LogP contribution in [0.3, 0.4) is 0 Å². The molecule has 1 fully saturated rings. The van der Waals surface area contributed by atoms with Crippen molar-refractivity contribution in [3.05, 3.63) is 81.9 Å². The number of carbonyl (C=O) groups excluding carboxylic acids is 1. The molecule has 1 saturated carbocycles. The van der Waals surface area contributed by atoms with Crippen molar-refractivity contribution < 1.29 is 9.21 Å². The van der Waals surface area contributed by atoms with Gasteiger partial charge in [-0.3, -0.25) is 9.69 Å². The fraction of sp³-hybridized carbons (Fsp3) is 0.348. The standard InChI is InChI=1S/C23H26N2O2S/c1-16-13-19(16)20-11-10-18(27-20)14-25(2)15-22(26)24-23(21-9-6-12-28-21)17-7-4-3-5-8-17/h3-12,16,19,23H,13-15H2,1-2H3,(H,24,26). The van der Waals surface area contributed by atoms with Crippen LogP contribution in [0.5, 0.6) is 0 Å². The lowest BCUT2D eigenvalue weighted by molar-refractivity contribution is -0.122. The topological polar surface area (TPSA) is 45.5 Å². The number of furan rings is 1. The predicted octanol–water partition coefficient (Wildman–Crippen LogP) is 4.80. The third-order valence-electron chi connectivity index (χ3n) is 5.26. The lowest BCUT2D eigenvalue weighted by Crippen LogP contribution is -2.37. The Morgan fingerprint density at radius 2 is 2.00 bits per heavy atom. The van der Waals surface area contributed by atoms with Gasteiger partial charge in [-0.15, -0.1) is 11.3 Å². The van der Waals surface area contributed by atoms with Crippen LogP contribution in [0.4, 0.5) is 0 Å². The summed E-state index contributed by atoms with van der Waals surface area (Å²) in [5, 5.41) is 5.23. The van der Waals surface area contributed by atoms with E-state index in [1.165, 1.54) is 6.42 Å². The molecule has 146 valence electrons. The van der Waals surface area contributed by atoms with Crippen molar-refractivity contribution in [2.45, 2.75) is 31.8 Å². The number of amides is 1. The van der Waals surface area contributed by atoms with Crippen LogP contribution >= 0.6 is 11.3 Å². The van der Waals surface area contributed by atoms with Gasteiger partial charge in [0.05, 0.1) is 19.1 Å². The summed E-state index contributed by atoms with van der Waals surface area (Å²) in [7, 11) is 1.95. The second-order valence-corrected chi connectivity index (χ2v) is 8.70. The molecule has 1 N–H and O–H groups in total. The molecule has 1 aromatic carbocycles. The van der Waals surface area contributed by atoms with Crippen LogP contribution in [0.15, 0.2) is 64.4 Å². The molecular formula is C23H26N2O2S. The van der Waals surface area contributed by atoms with Crippen molar-refractivity contribution in [3.8, 4) is 0 Å². The van der Waals surface area contributed by atoms with E-state index in [0.717, 1.165) is 27.9 Å². The smallest absolute Gasteiger partial charge is 0.234 e. The van der Waals surface area contributed by atoms with Crippen molar-refractivity contribution in [3.63, 3.8) is 0 Å². The van der Waals surface area contributed by atoms with Gasteiger partial charge in [-0.2, -0.15) is 0 Å². The Morgan fingerprint density at radius 1 is 1.21 bits per heavy atom. The fourth-order valence-corrected chi connectivity index (χ4v) is 4.39. The zero-order valence-corrected chi connectivity index (χ0v) is 17.1. The summed E-state index contributed by atoms with van der Waals surface area (Å²) >= 11 is 1.66. The molecule has 0 bridgehead atoms. The maximum Gasteiger partial charge on any atom is 0.234 e. The van der Waals surface area contributed by atoms with Gasteiger partial charge < -0.3 is 9.73 Å². The highest BCUT2D eigenvalue weighted by atomic mass is 32.1. The van der Waals surface area contributed by atoms with Gasteiger partial charge in [0, 0.05) is 10.8 Å². The summed E-state index contributed by atoms with van der Waals surface area (Å²) in [4.78, 5) is 15.8. The Morgan fingerprint density at radius 3 is 2.68 bits per heavy atom. The van der Waals surface area contributed by atoms with Gasteiger partial charge in [-0.05, 0) is 48.5 Å². The van der Waals surface area contributed by atoms with Crippen molar-refractivity contribution >= 4 is 17.2 Å². The van der Waals surface area contributed by atoms with E-state index in [2.05, 4.69) is 36.5 Å². The SMILES string of the molecule is CC1CC1c1ccc(CN(C)CC(=O)NC(c2ccccc2)c2cccs2)o1. The normalized spacial score (nSPS) is 19.5. The van der Waals surface area contributed by atoms with E-state index in [1.54, 1.807) is 11.3 Å². The lowest BCUT2D eigenvalue weighted by Gasteiger charge is -2.21. The average Bonchev–Trinajstić information content (AvgIpc) is 3.07. The quantitative estimate of drug-likeness (QED) is 0.597. The van der Waals surface area contributed by atoms with E-state index in [1.807, 2.05) is 47.7 Å². The highest BCUT2D eigenvalue weighted by molar-refractivity contribution is 7.10. The summed E-state index contributed by atoms with van der Waals surface area (Å²) < 4.78 is 5.97. The molecule has 0 radical (unpaired) electrons.